The molecular weight excluding hydrogens is 1990 g/mol. The maximum atomic E-state index is 14.7. The molecule has 864 valence electrons. The molecule has 0 radical (unpaired) electrons. The van der Waals surface area contributed by atoms with E-state index in [4.69, 9.17) is 66.3 Å². The van der Waals surface area contributed by atoms with E-state index in [2.05, 4.69) is 35.1 Å². The Morgan fingerprint density at radius 1 is 0.383 bits per heavy atom. The number of aliphatic hydroxyl groups is 22. The van der Waals surface area contributed by atoms with Crippen LogP contribution in [0.15, 0.2) is 12.2 Å². The summed E-state index contributed by atoms with van der Waals surface area (Å²) in [4.78, 5) is 108. The first-order valence-corrected chi connectivity index (χ1v) is 52.6. The second-order valence-corrected chi connectivity index (χ2v) is 40.3. The minimum atomic E-state index is -3.80. The third kappa shape index (κ3) is 37.2. The molecule has 0 aliphatic carbocycles. The third-order valence-corrected chi connectivity index (χ3v) is 28.4. The van der Waals surface area contributed by atoms with Crippen molar-refractivity contribution in [2.45, 2.75) is 497 Å². The number of ketones is 1. The summed E-state index contributed by atoms with van der Waals surface area (Å²) in [5.41, 5.74) is 0. The summed E-state index contributed by atoms with van der Waals surface area (Å²) in [6.45, 7) is -2.05. The van der Waals surface area contributed by atoms with E-state index in [0.717, 1.165) is 111 Å². The zero-order valence-electron chi connectivity index (χ0n) is 85.9. The van der Waals surface area contributed by atoms with Crippen LogP contribution < -0.4 is 21.3 Å². The highest BCUT2D eigenvalue weighted by atomic mass is 16.8. The van der Waals surface area contributed by atoms with Crippen molar-refractivity contribution in [3.05, 3.63) is 12.2 Å². The van der Waals surface area contributed by atoms with Crippen molar-refractivity contribution in [1.29, 1.82) is 0 Å². The van der Waals surface area contributed by atoms with Gasteiger partial charge >= 0.3 is 17.9 Å². The molecule has 40 unspecified atom stereocenters. The number of ether oxygens (including phenoxy) is 14. The fraction of sp³-hybridized carbons (Fsp3) is 0.898. The summed E-state index contributed by atoms with van der Waals surface area (Å²) >= 11 is 0. The lowest BCUT2D eigenvalue weighted by atomic mass is 9.86. The number of allylic oxidation sites excluding steroid dienone is 1. The van der Waals surface area contributed by atoms with E-state index in [0.29, 0.717) is 12.8 Å². The van der Waals surface area contributed by atoms with E-state index in [1.807, 2.05) is 0 Å². The lowest BCUT2D eigenvalue weighted by molar-refractivity contribution is -0.409. The molecule has 0 aromatic carbocycles. The number of carbonyl (C=O) groups excluding carboxylic acids is 5. The summed E-state index contributed by atoms with van der Waals surface area (Å²) in [7, 11) is 0. The van der Waals surface area contributed by atoms with Crippen LogP contribution >= 0.6 is 0 Å². The zero-order chi connectivity index (χ0) is 110. The van der Waals surface area contributed by atoms with Crippen LogP contribution in [0.25, 0.3) is 0 Å². The van der Waals surface area contributed by atoms with Gasteiger partial charge in [-0.2, -0.15) is 0 Å². The Balaban J connectivity index is 1.25. The summed E-state index contributed by atoms with van der Waals surface area (Å²) in [6.07, 6.45) is -45.6. The number of amides is 4. The van der Waals surface area contributed by atoms with Gasteiger partial charge in [0.25, 0.3) is 17.4 Å². The van der Waals surface area contributed by atoms with Gasteiger partial charge in [-0.1, -0.05) is 193 Å². The second-order valence-electron chi connectivity index (χ2n) is 40.3. The molecule has 51 heteroatoms. The Morgan fingerprint density at radius 2 is 0.738 bits per heavy atom. The highest BCUT2D eigenvalue weighted by Crippen LogP contribution is 2.46. The molecule has 0 saturated carbocycles. The normalized spacial score (nSPS) is 35.2. The highest BCUT2D eigenvalue weighted by Gasteiger charge is 2.66. The number of carboxylic acids is 3. The Hall–Kier alpha value is -5.74. The Labute approximate surface area is 865 Å². The van der Waals surface area contributed by atoms with Gasteiger partial charge in [0.15, 0.2) is 25.2 Å². The van der Waals surface area contributed by atoms with Gasteiger partial charge in [0, 0.05) is 58.8 Å². The Morgan fingerprint density at radius 3 is 1.15 bits per heavy atom. The van der Waals surface area contributed by atoms with Gasteiger partial charge in [0.1, 0.15) is 146 Å². The molecular formula is C98H170N4O47. The van der Waals surface area contributed by atoms with Gasteiger partial charge in [-0.3, -0.25) is 19.2 Å². The lowest BCUT2D eigenvalue weighted by Gasteiger charge is -2.53. The number of carboxylic acid groups (broad SMARTS) is 3. The van der Waals surface area contributed by atoms with Crippen molar-refractivity contribution in [1.82, 2.24) is 21.3 Å². The van der Waals surface area contributed by atoms with E-state index in [1.54, 1.807) is 6.08 Å². The first-order chi connectivity index (χ1) is 70.9. The van der Waals surface area contributed by atoms with Crippen LogP contribution in [0, 0.1) is 5.92 Å². The number of hydrogen-bond donors (Lipinski definition) is 29. The van der Waals surface area contributed by atoms with Crippen LogP contribution in [-0.2, 0) is 105 Å². The third-order valence-electron chi connectivity index (χ3n) is 28.4. The number of Topliss-reactive ketones (excluding diaryl/α,β-unsaturated/α-hetero) is 1. The van der Waals surface area contributed by atoms with Crippen LogP contribution in [0.2, 0.25) is 0 Å². The van der Waals surface area contributed by atoms with Crippen molar-refractivity contribution < 1.29 is 232 Å². The molecule has 0 aromatic heterocycles. The Kier molecular flexibility index (Phi) is 56.6. The number of rotatable bonds is 69. The van der Waals surface area contributed by atoms with Crippen LogP contribution in [0.5, 0.6) is 0 Å². The number of unbranched alkanes of at least 4 members (excludes halogenated alkanes) is 27. The average molecular weight is 2160 g/mol. The molecule has 0 aromatic rings. The van der Waals surface area contributed by atoms with Crippen LogP contribution in [0.4, 0.5) is 0 Å². The van der Waals surface area contributed by atoms with Crippen molar-refractivity contribution in [3.8, 4) is 0 Å². The molecule has 7 aliphatic heterocycles. The minimum Gasteiger partial charge on any atom is -0.477 e. The van der Waals surface area contributed by atoms with Crippen molar-refractivity contribution in [2.24, 2.45) is 5.92 Å². The summed E-state index contributed by atoms with van der Waals surface area (Å²) < 4.78 is 85.0. The van der Waals surface area contributed by atoms with Crippen molar-refractivity contribution >= 4 is 47.3 Å². The second kappa shape index (κ2) is 64.8. The molecule has 7 saturated heterocycles. The largest absolute Gasteiger partial charge is 0.477 e. The first-order valence-electron chi connectivity index (χ1n) is 52.6. The van der Waals surface area contributed by atoms with Gasteiger partial charge in [-0.15, -0.1) is 0 Å². The number of aliphatic carboxylic acids is 3. The van der Waals surface area contributed by atoms with E-state index >= 15 is 0 Å². The predicted molar refractivity (Wildman–Crippen MR) is 512 cm³/mol. The monoisotopic (exact) mass is 2160 g/mol. The summed E-state index contributed by atoms with van der Waals surface area (Å²) in [5, 5.41) is 296. The summed E-state index contributed by atoms with van der Waals surface area (Å²) in [6, 6.07) is -7.08. The maximum Gasteiger partial charge on any atom is 0.364 e. The molecule has 7 fully saturated rings. The molecule has 51 nitrogen and oxygen atoms in total. The molecule has 4 amide bonds. The van der Waals surface area contributed by atoms with Crippen molar-refractivity contribution in [3.63, 3.8) is 0 Å². The van der Waals surface area contributed by atoms with Gasteiger partial charge in [-0.25, -0.2) is 14.4 Å². The molecule has 149 heavy (non-hydrogen) atoms. The number of carbonyl (C=O) groups is 8. The van der Waals surface area contributed by atoms with E-state index in [-0.39, 0.29) is 6.42 Å². The summed E-state index contributed by atoms with van der Waals surface area (Å²) in [5.74, 6) is -23.8. The van der Waals surface area contributed by atoms with Crippen molar-refractivity contribution in [2.75, 3.05) is 52.9 Å². The van der Waals surface area contributed by atoms with Gasteiger partial charge in [0.2, 0.25) is 23.6 Å². The van der Waals surface area contributed by atoms with Gasteiger partial charge in [-0.05, 0) is 26.2 Å². The van der Waals surface area contributed by atoms with E-state index in [1.165, 1.54) is 96.0 Å². The highest BCUT2D eigenvalue weighted by molar-refractivity contribution is 5.79. The topological polar surface area (TPSA) is 820 Å². The van der Waals surface area contributed by atoms with Crippen LogP contribution in [0.3, 0.4) is 0 Å². The standard InChI is InChI=1S/C98H170N4O47/c1-7-9-11-13-15-17-19-21-22-23-24-26-28-30-32-34-36-38-68(120)102-56(57(114)37-35-33-31-29-27-25-20-18-16-14-12-10-8-2)50-136-90-78(127)77(126)82(66(48-108)139-90)142-92-80(129)88(149-98(95(134)135)42-60(117)71(101-54(6)113)86(147-98)76(125)65(47-107)144-96(93(130)131)40-58(115)69(99-52(4)111)84(145-96)72(121)61(118)43-103)83(67(49-109)140-92)143-89-55(39-51(3)110)81(74(123)63(45-105)137-89)141-91-79(128)87(75(124)64(46-106)138-91)148-97(94(132)133)41-59(116)70(100-53(5)112)85(146-97)73(122)62(119)44-104/h35,37,55-67,69-92,103-109,114-119,121-129H,7-34,36,38-50H2,1-6H3,(H,99,111)(H,100,112)(H,101,113)(H,102,120)(H,130,131)(H,132,133)(H,134,135). The molecule has 7 aliphatic rings. The van der Waals surface area contributed by atoms with Gasteiger partial charge in [0.05, 0.1) is 108 Å². The number of nitrogens with one attached hydrogen (secondary N) is 4. The molecule has 29 N–H and O–H groups in total. The minimum absolute atomic E-state index is 0.0493. The van der Waals surface area contributed by atoms with Crippen LogP contribution in [-0.4, -0.2) is 465 Å². The Bertz CT molecular complexity index is 3950. The maximum absolute atomic E-state index is 14.7. The average Bonchev–Trinajstić information content (AvgIpc) is 0.740. The zero-order valence-corrected chi connectivity index (χ0v) is 85.9. The molecule has 7 rings (SSSR count). The SMILES string of the molecule is CCCCCCCCCCCCCC=CC(O)C(COC1OC(CO)C(OC2OC(CO)C(OC3OC(CO)C(O)C(OC4OC(CO)C(O)C(OC5(C(=O)O)CC(O)C(NC(C)=O)C(C(O)C(O)CO)O5)C4O)C3CC(C)=O)C(OC3(C(=O)O)CC(O)C(NC(C)=O)C(C(O)C(CO)OC4(C(=O)O)CC(O)C(NC(C)=O)C(C(O)C(O)CO)O4)O3)C2O)C(O)C1O)NC(=O)CCCCCCCCCCCCCCCCCCC. The quantitative estimate of drug-likeness (QED) is 0.0201. The first kappa shape index (κ1) is 130. The molecule has 0 spiro atoms. The number of aliphatic hydroxyl groups excluding tert-OH is 22. The molecule has 7 heterocycles. The van der Waals surface area contributed by atoms with Crippen LogP contribution in [0.1, 0.15) is 260 Å². The predicted octanol–water partition coefficient (Wildman–Crippen LogP) is -4.82. The van der Waals surface area contributed by atoms with E-state index < -0.39 is 369 Å². The smallest absolute Gasteiger partial charge is 0.364 e. The lowest BCUT2D eigenvalue weighted by Crippen LogP contribution is -2.72. The fourth-order valence-electron chi connectivity index (χ4n) is 20.1. The van der Waals surface area contributed by atoms with E-state index in [9.17, 15) is 166 Å². The fourth-order valence-corrected chi connectivity index (χ4v) is 20.1. The molecule has 0 bridgehead atoms. The van der Waals surface area contributed by atoms with Gasteiger partial charge < -0.3 is 220 Å². The number of hydrogen-bond acceptors (Lipinski definition) is 44. The molecule has 40 atom stereocenters.